The van der Waals surface area contributed by atoms with Crippen LogP contribution in [0.3, 0.4) is 0 Å². The number of carbonyl (C=O) groups excluding carboxylic acids is 2. The van der Waals surface area contributed by atoms with E-state index in [0.717, 1.165) is 5.56 Å². The molecule has 0 bridgehead atoms. The molecule has 0 aliphatic heterocycles. The van der Waals surface area contributed by atoms with E-state index in [2.05, 4.69) is 31.8 Å². The summed E-state index contributed by atoms with van der Waals surface area (Å²) in [7, 11) is 1.55. The Balaban J connectivity index is 1.96. The van der Waals surface area contributed by atoms with Crippen LogP contribution in [0.2, 0.25) is 0 Å². The summed E-state index contributed by atoms with van der Waals surface area (Å²) in [6.07, 6.45) is 0.0489. The molecular formula is C19H20BrN3O3. The molecule has 0 aliphatic carbocycles. The zero-order valence-electron chi connectivity index (χ0n) is 14.8. The zero-order valence-corrected chi connectivity index (χ0v) is 16.4. The first-order valence-corrected chi connectivity index (χ1v) is 8.72. The SMILES string of the molecule is COc1ccc(C)cc1NC(=O)CC(C)=NNC(=O)c1ccccc1Br. The van der Waals surface area contributed by atoms with E-state index in [4.69, 9.17) is 4.74 Å². The van der Waals surface area contributed by atoms with Gasteiger partial charge in [-0.15, -0.1) is 0 Å². The average molecular weight is 418 g/mol. The number of methoxy groups -OCH3 is 1. The highest BCUT2D eigenvalue weighted by Gasteiger charge is 2.11. The maximum atomic E-state index is 12.2. The number of hydrogen-bond acceptors (Lipinski definition) is 4. The Morgan fingerprint density at radius 2 is 1.92 bits per heavy atom. The van der Waals surface area contributed by atoms with E-state index in [1.807, 2.05) is 25.1 Å². The van der Waals surface area contributed by atoms with Gasteiger partial charge in [-0.05, 0) is 59.6 Å². The maximum Gasteiger partial charge on any atom is 0.272 e. The molecule has 0 spiro atoms. The van der Waals surface area contributed by atoms with Crippen LogP contribution in [0, 0.1) is 6.92 Å². The molecule has 26 heavy (non-hydrogen) atoms. The highest BCUT2D eigenvalue weighted by Crippen LogP contribution is 2.25. The maximum absolute atomic E-state index is 12.2. The van der Waals surface area contributed by atoms with Crippen LogP contribution in [0.15, 0.2) is 52.0 Å². The number of nitrogens with zero attached hydrogens (tertiary/aromatic N) is 1. The van der Waals surface area contributed by atoms with Crippen molar-refractivity contribution in [1.82, 2.24) is 5.43 Å². The predicted molar refractivity (Wildman–Crippen MR) is 106 cm³/mol. The van der Waals surface area contributed by atoms with Gasteiger partial charge >= 0.3 is 0 Å². The van der Waals surface area contributed by atoms with Crippen molar-refractivity contribution in [2.45, 2.75) is 20.3 Å². The summed E-state index contributed by atoms with van der Waals surface area (Å²) in [5.74, 6) is -0.0105. The van der Waals surface area contributed by atoms with Crippen molar-refractivity contribution < 1.29 is 14.3 Å². The van der Waals surface area contributed by atoms with E-state index in [0.29, 0.717) is 27.2 Å². The number of halogens is 1. The molecule has 2 aromatic rings. The van der Waals surface area contributed by atoms with Gasteiger partial charge in [0.15, 0.2) is 0 Å². The Hall–Kier alpha value is -2.67. The third kappa shape index (κ3) is 5.42. The van der Waals surface area contributed by atoms with Crippen LogP contribution in [0.1, 0.15) is 29.3 Å². The minimum atomic E-state index is -0.349. The number of anilines is 1. The fourth-order valence-corrected chi connectivity index (χ4v) is 2.70. The number of nitrogens with one attached hydrogen (secondary N) is 2. The number of hydrogen-bond donors (Lipinski definition) is 2. The number of ether oxygens (including phenoxy) is 1. The molecule has 2 amide bonds. The van der Waals surface area contributed by atoms with Crippen molar-refractivity contribution >= 4 is 39.1 Å². The van der Waals surface area contributed by atoms with Gasteiger partial charge < -0.3 is 10.1 Å². The van der Waals surface area contributed by atoms with E-state index in [1.165, 1.54) is 0 Å². The van der Waals surface area contributed by atoms with Gasteiger partial charge in [-0.25, -0.2) is 5.43 Å². The normalized spacial score (nSPS) is 11.0. The number of aryl methyl sites for hydroxylation is 1. The molecule has 2 rings (SSSR count). The Morgan fingerprint density at radius 1 is 1.19 bits per heavy atom. The highest BCUT2D eigenvalue weighted by molar-refractivity contribution is 9.10. The first kappa shape index (κ1) is 19.7. The second-order valence-electron chi connectivity index (χ2n) is 5.70. The molecular weight excluding hydrogens is 398 g/mol. The summed E-state index contributed by atoms with van der Waals surface area (Å²) in [5, 5.41) is 6.78. The average Bonchev–Trinajstić information content (AvgIpc) is 2.60. The highest BCUT2D eigenvalue weighted by atomic mass is 79.9. The van der Waals surface area contributed by atoms with Crippen molar-refractivity contribution in [3.8, 4) is 5.75 Å². The van der Waals surface area contributed by atoms with E-state index >= 15 is 0 Å². The number of hydrazone groups is 1. The minimum Gasteiger partial charge on any atom is -0.495 e. The van der Waals surface area contributed by atoms with Gasteiger partial charge in [0.25, 0.3) is 5.91 Å². The molecule has 0 heterocycles. The van der Waals surface area contributed by atoms with Gasteiger partial charge in [-0.2, -0.15) is 5.10 Å². The van der Waals surface area contributed by atoms with E-state index in [9.17, 15) is 9.59 Å². The minimum absolute atomic E-state index is 0.0489. The quantitative estimate of drug-likeness (QED) is 0.552. The van der Waals surface area contributed by atoms with E-state index in [-0.39, 0.29) is 18.2 Å². The summed E-state index contributed by atoms with van der Waals surface area (Å²) < 4.78 is 5.91. The Labute approximate surface area is 160 Å². The zero-order chi connectivity index (χ0) is 19.1. The van der Waals surface area contributed by atoms with Crippen LogP contribution in [-0.2, 0) is 4.79 Å². The third-order valence-electron chi connectivity index (χ3n) is 3.51. The lowest BCUT2D eigenvalue weighted by molar-refractivity contribution is -0.115. The first-order valence-electron chi connectivity index (χ1n) is 7.93. The molecule has 0 aliphatic rings. The fourth-order valence-electron chi connectivity index (χ4n) is 2.24. The topological polar surface area (TPSA) is 79.8 Å². The van der Waals surface area contributed by atoms with Crippen LogP contribution in [0.25, 0.3) is 0 Å². The lowest BCUT2D eigenvalue weighted by Crippen LogP contribution is -2.22. The Bertz CT molecular complexity index is 850. The smallest absolute Gasteiger partial charge is 0.272 e. The van der Waals surface area contributed by atoms with Crippen LogP contribution in [0.5, 0.6) is 5.75 Å². The molecule has 6 nitrogen and oxygen atoms in total. The molecule has 2 aromatic carbocycles. The van der Waals surface area contributed by atoms with E-state index < -0.39 is 0 Å². The second kappa shape index (κ2) is 9.15. The monoisotopic (exact) mass is 417 g/mol. The van der Waals surface area contributed by atoms with Crippen molar-refractivity contribution in [3.05, 3.63) is 58.1 Å². The Morgan fingerprint density at radius 3 is 2.62 bits per heavy atom. The van der Waals surface area contributed by atoms with Crippen LogP contribution < -0.4 is 15.5 Å². The van der Waals surface area contributed by atoms with E-state index in [1.54, 1.807) is 38.3 Å². The lowest BCUT2D eigenvalue weighted by atomic mass is 10.2. The molecule has 0 unspecified atom stereocenters. The number of rotatable bonds is 6. The number of carbonyl (C=O) groups is 2. The van der Waals surface area contributed by atoms with Gasteiger partial charge in [0.05, 0.1) is 24.8 Å². The number of benzene rings is 2. The lowest BCUT2D eigenvalue weighted by Gasteiger charge is -2.11. The molecule has 0 saturated carbocycles. The molecule has 0 radical (unpaired) electrons. The molecule has 2 N–H and O–H groups in total. The van der Waals surface area contributed by atoms with Gasteiger partial charge in [0.1, 0.15) is 5.75 Å². The summed E-state index contributed by atoms with van der Waals surface area (Å²) in [4.78, 5) is 24.3. The van der Waals surface area contributed by atoms with Crippen molar-refractivity contribution in [2.24, 2.45) is 5.10 Å². The number of amides is 2. The van der Waals surface area contributed by atoms with Crippen molar-refractivity contribution in [2.75, 3.05) is 12.4 Å². The summed E-state index contributed by atoms with van der Waals surface area (Å²) >= 11 is 3.32. The summed E-state index contributed by atoms with van der Waals surface area (Å²) in [6.45, 7) is 3.60. The molecule has 0 fully saturated rings. The van der Waals surface area contributed by atoms with Gasteiger partial charge in [-0.1, -0.05) is 18.2 Å². The molecule has 0 aromatic heterocycles. The van der Waals surface area contributed by atoms with Crippen LogP contribution in [-0.4, -0.2) is 24.6 Å². The molecule has 0 atom stereocenters. The van der Waals surface area contributed by atoms with Gasteiger partial charge in [0.2, 0.25) is 5.91 Å². The molecule has 0 saturated heterocycles. The third-order valence-corrected chi connectivity index (χ3v) is 4.20. The Kier molecular flexibility index (Phi) is 6.91. The predicted octanol–water partition coefficient (Wildman–Crippen LogP) is 3.90. The van der Waals surface area contributed by atoms with Crippen LogP contribution in [0.4, 0.5) is 5.69 Å². The molecule has 136 valence electrons. The summed E-state index contributed by atoms with van der Waals surface area (Å²) in [6, 6.07) is 12.6. The fraction of sp³-hybridized carbons (Fsp3) is 0.211. The largest absolute Gasteiger partial charge is 0.495 e. The summed E-state index contributed by atoms with van der Waals surface area (Å²) in [5.41, 5.74) is 5.01. The van der Waals surface area contributed by atoms with Gasteiger partial charge in [-0.3, -0.25) is 9.59 Å². The second-order valence-corrected chi connectivity index (χ2v) is 6.55. The van der Waals surface area contributed by atoms with Crippen LogP contribution >= 0.6 is 15.9 Å². The van der Waals surface area contributed by atoms with Crippen molar-refractivity contribution in [1.29, 1.82) is 0 Å². The van der Waals surface area contributed by atoms with Gasteiger partial charge in [0, 0.05) is 10.2 Å². The molecule has 7 heteroatoms. The van der Waals surface area contributed by atoms with Crippen molar-refractivity contribution in [3.63, 3.8) is 0 Å². The first-order chi connectivity index (χ1) is 12.4. The standard InChI is InChI=1S/C19H20BrN3O3/c1-12-8-9-17(26-3)16(10-12)21-18(24)11-13(2)22-23-19(25)14-6-4-5-7-15(14)20/h4-10H,11H2,1-3H3,(H,21,24)(H,23,25).